The zero-order valence-corrected chi connectivity index (χ0v) is 11.2. The topological polar surface area (TPSA) is 18.5 Å². The van der Waals surface area contributed by atoms with E-state index in [9.17, 15) is 13.2 Å². The molecule has 2 nitrogen and oxygen atoms in total. The molecule has 0 bridgehead atoms. The van der Waals surface area contributed by atoms with E-state index < -0.39 is 11.7 Å². The van der Waals surface area contributed by atoms with Gasteiger partial charge in [0, 0.05) is 7.11 Å². The molecule has 0 N–H and O–H groups in total. The number of alkyl halides is 3. The SMILES string of the molecule is COCOc1c(Br)cc(C(F)(F)F)cc1Br. The summed E-state index contributed by atoms with van der Waals surface area (Å²) >= 11 is 6.02. The fraction of sp³-hybridized carbons (Fsp3) is 0.333. The smallest absolute Gasteiger partial charge is 0.416 e. The lowest BCUT2D eigenvalue weighted by molar-refractivity contribution is -0.137. The van der Waals surface area contributed by atoms with Crippen LogP contribution < -0.4 is 4.74 Å². The molecule has 16 heavy (non-hydrogen) atoms. The first-order valence-electron chi connectivity index (χ1n) is 4.04. The number of hydrogen-bond donors (Lipinski definition) is 0. The summed E-state index contributed by atoms with van der Waals surface area (Å²) < 4.78 is 47.5. The van der Waals surface area contributed by atoms with Crippen molar-refractivity contribution in [2.24, 2.45) is 0 Å². The maximum atomic E-state index is 12.4. The second-order valence-electron chi connectivity index (χ2n) is 2.82. The fourth-order valence-corrected chi connectivity index (χ4v) is 2.39. The van der Waals surface area contributed by atoms with Crippen molar-refractivity contribution < 1.29 is 22.6 Å². The minimum absolute atomic E-state index is 0.0391. The minimum Gasteiger partial charge on any atom is -0.465 e. The number of halogens is 5. The highest BCUT2D eigenvalue weighted by molar-refractivity contribution is 9.11. The summed E-state index contributed by atoms with van der Waals surface area (Å²) in [6, 6.07) is 1.91. The monoisotopic (exact) mass is 362 g/mol. The predicted molar refractivity (Wildman–Crippen MR) is 59.3 cm³/mol. The van der Waals surface area contributed by atoms with Crippen molar-refractivity contribution in [2.45, 2.75) is 6.18 Å². The van der Waals surface area contributed by atoms with Crippen molar-refractivity contribution in [3.05, 3.63) is 26.6 Å². The van der Waals surface area contributed by atoms with Crippen LogP contribution in [0.1, 0.15) is 5.56 Å². The molecule has 0 radical (unpaired) electrons. The van der Waals surface area contributed by atoms with Crippen molar-refractivity contribution in [2.75, 3.05) is 13.9 Å². The Labute approximate surface area is 107 Å². The van der Waals surface area contributed by atoms with Crippen molar-refractivity contribution >= 4 is 31.9 Å². The molecule has 0 aliphatic carbocycles. The van der Waals surface area contributed by atoms with Gasteiger partial charge in [-0.3, -0.25) is 0 Å². The van der Waals surface area contributed by atoms with Gasteiger partial charge in [-0.15, -0.1) is 0 Å². The molecule has 0 fully saturated rings. The van der Waals surface area contributed by atoms with Gasteiger partial charge >= 0.3 is 6.18 Å². The Bertz CT molecular complexity index is 357. The molecule has 1 aromatic rings. The molecule has 90 valence electrons. The van der Waals surface area contributed by atoms with E-state index in [1.807, 2.05) is 0 Å². The molecule has 0 aliphatic rings. The van der Waals surface area contributed by atoms with Gasteiger partial charge in [-0.2, -0.15) is 13.2 Å². The number of rotatable bonds is 3. The normalized spacial score (nSPS) is 11.6. The van der Waals surface area contributed by atoms with Gasteiger partial charge in [0.05, 0.1) is 14.5 Å². The summed E-state index contributed by atoms with van der Waals surface area (Å²) in [5.41, 5.74) is -0.754. The van der Waals surface area contributed by atoms with Crippen molar-refractivity contribution in [1.82, 2.24) is 0 Å². The number of benzene rings is 1. The van der Waals surface area contributed by atoms with Crippen LogP contribution in [-0.4, -0.2) is 13.9 Å². The first-order chi connectivity index (χ1) is 7.36. The van der Waals surface area contributed by atoms with Crippen LogP contribution in [0.3, 0.4) is 0 Å². The van der Waals surface area contributed by atoms with Gasteiger partial charge in [-0.1, -0.05) is 0 Å². The average Bonchev–Trinajstić information content (AvgIpc) is 2.15. The van der Waals surface area contributed by atoms with Gasteiger partial charge in [-0.25, -0.2) is 0 Å². The molecule has 7 heteroatoms. The third-order valence-electron chi connectivity index (χ3n) is 1.65. The van der Waals surface area contributed by atoms with Gasteiger partial charge < -0.3 is 9.47 Å². The van der Waals surface area contributed by atoms with Gasteiger partial charge in [0.2, 0.25) is 0 Å². The molecule has 0 aliphatic heterocycles. The van der Waals surface area contributed by atoms with Crippen LogP contribution in [0.2, 0.25) is 0 Å². The van der Waals surface area contributed by atoms with Crippen LogP contribution in [-0.2, 0) is 10.9 Å². The van der Waals surface area contributed by atoms with E-state index in [1.54, 1.807) is 0 Å². The highest BCUT2D eigenvalue weighted by Gasteiger charge is 2.32. The number of methoxy groups -OCH3 is 1. The molecule has 0 spiro atoms. The second kappa shape index (κ2) is 5.37. The van der Waals surface area contributed by atoms with E-state index in [2.05, 4.69) is 36.6 Å². The lowest BCUT2D eigenvalue weighted by Crippen LogP contribution is -2.06. The standard InChI is InChI=1S/C9H7Br2F3O2/c1-15-4-16-8-6(10)2-5(3-7(8)11)9(12,13)14/h2-3H,4H2,1H3. The molecule has 0 unspecified atom stereocenters. The van der Waals surface area contributed by atoms with E-state index in [0.29, 0.717) is 0 Å². The highest BCUT2D eigenvalue weighted by Crippen LogP contribution is 2.40. The molecule has 0 atom stereocenters. The second-order valence-corrected chi connectivity index (χ2v) is 4.53. The minimum atomic E-state index is -4.38. The molecular formula is C9H7Br2F3O2. The Morgan fingerprint density at radius 2 is 1.69 bits per heavy atom. The van der Waals surface area contributed by atoms with Crippen LogP contribution in [0.4, 0.5) is 13.2 Å². The van der Waals surface area contributed by atoms with Crippen LogP contribution in [0.25, 0.3) is 0 Å². The lowest BCUT2D eigenvalue weighted by atomic mass is 10.2. The van der Waals surface area contributed by atoms with Crippen molar-refractivity contribution in [3.8, 4) is 5.75 Å². The molecule has 0 heterocycles. The maximum absolute atomic E-state index is 12.4. The summed E-state index contributed by atoms with van der Waals surface area (Å²) in [5, 5.41) is 0. The first-order valence-corrected chi connectivity index (χ1v) is 5.63. The fourth-order valence-electron chi connectivity index (χ4n) is 0.979. The molecule has 1 aromatic carbocycles. The van der Waals surface area contributed by atoms with Gasteiger partial charge in [0.1, 0.15) is 0 Å². The molecule has 0 saturated heterocycles. The average molecular weight is 364 g/mol. The first kappa shape index (κ1) is 13.8. The van der Waals surface area contributed by atoms with E-state index in [0.717, 1.165) is 12.1 Å². The van der Waals surface area contributed by atoms with Crippen LogP contribution >= 0.6 is 31.9 Å². The van der Waals surface area contributed by atoms with E-state index >= 15 is 0 Å². The van der Waals surface area contributed by atoms with E-state index in [4.69, 9.17) is 4.74 Å². The summed E-state index contributed by atoms with van der Waals surface area (Å²) in [7, 11) is 1.42. The summed E-state index contributed by atoms with van der Waals surface area (Å²) in [6.45, 7) is -0.0391. The summed E-state index contributed by atoms with van der Waals surface area (Å²) in [4.78, 5) is 0. The highest BCUT2D eigenvalue weighted by atomic mass is 79.9. The third kappa shape index (κ3) is 3.36. The van der Waals surface area contributed by atoms with Crippen molar-refractivity contribution in [3.63, 3.8) is 0 Å². The van der Waals surface area contributed by atoms with Gasteiger partial charge in [0.25, 0.3) is 0 Å². The Morgan fingerprint density at radius 1 is 1.19 bits per heavy atom. The maximum Gasteiger partial charge on any atom is 0.416 e. The van der Waals surface area contributed by atoms with Crippen molar-refractivity contribution in [1.29, 1.82) is 0 Å². The summed E-state index contributed by atoms with van der Waals surface area (Å²) in [5.74, 6) is 0.273. The molecule has 0 saturated carbocycles. The molecule has 1 rings (SSSR count). The van der Waals surface area contributed by atoms with E-state index in [-0.39, 0.29) is 21.5 Å². The quantitative estimate of drug-likeness (QED) is 0.749. The number of hydrogen-bond acceptors (Lipinski definition) is 2. The van der Waals surface area contributed by atoms with Gasteiger partial charge in [-0.05, 0) is 44.0 Å². The van der Waals surface area contributed by atoms with Crippen LogP contribution in [0.15, 0.2) is 21.1 Å². The van der Waals surface area contributed by atoms with Gasteiger partial charge in [0.15, 0.2) is 12.5 Å². The Hall–Kier alpha value is -0.270. The largest absolute Gasteiger partial charge is 0.465 e. The Kier molecular flexibility index (Phi) is 4.63. The molecular weight excluding hydrogens is 357 g/mol. The predicted octanol–water partition coefficient (Wildman–Crippen LogP) is 4.21. The molecule has 0 amide bonds. The van der Waals surface area contributed by atoms with Crippen LogP contribution in [0, 0.1) is 0 Å². The zero-order valence-electron chi connectivity index (χ0n) is 8.07. The Balaban J connectivity index is 3.08. The van der Waals surface area contributed by atoms with Crippen LogP contribution in [0.5, 0.6) is 5.75 Å². The summed E-state index contributed by atoms with van der Waals surface area (Å²) in [6.07, 6.45) is -4.38. The number of ether oxygens (including phenoxy) is 2. The van der Waals surface area contributed by atoms with E-state index in [1.165, 1.54) is 7.11 Å². The Morgan fingerprint density at radius 3 is 2.06 bits per heavy atom. The third-order valence-corrected chi connectivity index (χ3v) is 2.82. The molecule has 0 aromatic heterocycles. The zero-order chi connectivity index (χ0) is 12.3. The lowest BCUT2D eigenvalue weighted by Gasteiger charge is -2.13.